The average molecular weight is 421 g/mol. The molecule has 0 atom stereocenters. The number of sulfonamides is 1. The largest absolute Gasteiger partial charge is 0.495 e. The number of anilines is 1. The molecular weight excluding hydrogens is 404 g/mol. The molecule has 1 aromatic heterocycles. The van der Waals surface area contributed by atoms with Crippen molar-refractivity contribution < 1.29 is 17.9 Å². The first-order chi connectivity index (χ1) is 13.4. The maximum Gasteiger partial charge on any atom is 0.255 e. The van der Waals surface area contributed by atoms with Gasteiger partial charge in [-0.3, -0.25) is 4.79 Å². The van der Waals surface area contributed by atoms with E-state index in [9.17, 15) is 13.2 Å². The zero-order valence-corrected chi connectivity index (χ0v) is 16.6. The lowest BCUT2D eigenvalue weighted by molar-refractivity contribution is 0.102. The first-order valence-electron chi connectivity index (χ1n) is 8.08. The van der Waals surface area contributed by atoms with Gasteiger partial charge in [-0.1, -0.05) is 11.6 Å². The monoisotopic (exact) mass is 420 g/mol. The van der Waals surface area contributed by atoms with Crippen LogP contribution in [-0.4, -0.2) is 38.3 Å². The molecule has 0 fully saturated rings. The first-order valence-corrected chi connectivity index (χ1v) is 9.94. The minimum Gasteiger partial charge on any atom is -0.495 e. The minimum absolute atomic E-state index is 0.130. The third-order valence-corrected chi connectivity index (χ3v) is 5.61. The topological polar surface area (TPSA) is 102 Å². The van der Waals surface area contributed by atoms with Gasteiger partial charge in [0.1, 0.15) is 10.6 Å². The van der Waals surface area contributed by atoms with Gasteiger partial charge in [0.2, 0.25) is 10.0 Å². The molecule has 2 aromatic carbocycles. The summed E-state index contributed by atoms with van der Waals surface area (Å²) >= 11 is 6.07. The van der Waals surface area contributed by atoms with Crippen LogP contribution in [0.1, 0.15) is 10.4 Å². The molecule has 2 N–H and O–H groups in total. The number of hydrogen-bond acceptors (Lipinski definition) is 5. The van der Waals surface area contributed by atoms with E-state index in [0.29, 0.717) is 16.4 Å². The van der Waals surface area contributed by atoms with Gasteiger partial charge in [-0.2, -0.15) is 5.10 Å². The number of carbonyl (C=O) groups excluding carboxylic acids is 1. The lowest BCUT2D eigenvalue weighted by Gasteiger charge is -2.13. The van der Waals surface area contributed by atoms with Crippen LogP contribution < -0.4 is 14.8 Å². The minimum atomic E-state index is -3.81. The fourth-order valence-electron chi connectivity index (χ4n) is 2.55. The number of nitrogens with zero attached hydrogens (tertiary/aromatic N) is 2. The Hall–Kier alpha value is -2.88. The molecule has 1 amide bonds. The van der Waals surface area contributed by atoms with E-state index in [-0.39, 0.29) is 16.2 Å². The van der Waals surface area contributed by atoms with E-state index in [2.05, 4.69) is 15.1 Å². The van der Waals surface area contributed by atoms with Crippen LogP contribution in [0.25, 0.3) is 5.69 Å². The van der Waals surface area contributed by atoms with Crippen molar-refractivity contribution in [3.05, 3.63) is 65.4 Å². The molecule has 0 saturated carbocycles. The number of benzene rings is 2. The van der Waals surface area contributed by atoms with Crippen LogP contribution in [0.4, 0.5) is 5.69 Å². The Morgan fingerprint density at radius 1 is 1.21 bits per heavy atom. The second-order valence-electron chi connectivity index (χ2n) is 5.64. The van der Waals surface area contributed by atoms with Gasteiger partial charge in [0, 0.05) is 23.0 Å². The molecule has 0 aliphatic rings. The van der Waals surface area contributed by atoms with Gasteiger partial charge in [-0.15, -0.1) is 0 Å². The molecule has 8 nitrogen and oxygen atoms in total. The van der Waals surface area contributed by atoms with Gasteiger partial charge in [0.25, 0.3) is 5.91 Å². The zero-order chi connectivity index (χ0) is 20.3. The van der Waals surface area contributed by atoms with Crippen molar-refractivity contribution in [1.82, 2.24) is 14.5 Å². The number of ether oxygens (including phenoxy) is 1. The number of nitrogens with one attached hydrogen (secondary N) is 2. The summed E-state index contributed by atoms with van der Waals surface area (Å²) in [5.74, 6) is -0.378. The standard InChI is InChI=1S/C18H17ClN4O4S/c1-20-28(25,26)17-10-12(4-7-16(17)27-2)18(24)22-14-11-13(19)5-6-15(14)23-9-3-8-21-23/h3-11,20H,1-2H3,(H,22,24). The zero-order valence-electron chi connectivity index (χ0n) is 15.0. The Labute approximate surface area is 167 Å². The van der Waals surface area contributed by atoms with Crippen molar-refractivity contribution in [3.8, 4) is 11.4 Å². The maximum atomic E-state index is 12.8. The smallest absolute Gasteiger partial charge is 0.255 e. The van der Waals surface area contributed by atoms with E-state index in [1.54, 1.807) is 41.3 Å². The second-order valence-corrected chi connectivity index (χ2v) is 7.93. The van der Waals surface area contributed by atoms with E-state index < -0.39 is 15.9 Å². The molecule has 0 aliphatic carbocycles. The molecular formula is C18H17ClN4O4S. The normalized spacial score (nSPS) is 11.2. The van der Waals surface area contributed by atoms with Crippen LogP contribution in [0.2, 0.25) is 5.02 Å². The third kappa shape index (κ3) is 4.01. The average Bonchev–Trinajstić information content (AvgIpc) is 3.22. The molecule has 28 heavy (non-hydrogen) atoms. The summed E-state index contributed by atoms with van der Waals surface area (Å²) in [4.78, 5) is 12.6. The van der Waals surface area contributed by atoms with Crippen LogP contribution in [0.5, 0.6) is 5.75 Å². The van der Waals surface area contributed by atoms with E-state index in [1.807, 2.05) is 0 Å². The summed E-state index contributed by atoms with van der Waals surface area (Å²) in [7, 11) is -1.18. The van der Waals surface area contributed by atoms with Crippen molar-refractivity contribution in [1.29, 1.82) is 0 Å². The summed E-state index contributed by atoms with van der Waals surface area (Å²) in [5.41, 5.74) is 1.18. The molecule has 146 valence electrons. The highest BCUT2D eigenvalue weighted by Gasteiger charge is 2.21. The van der Waals surface area contributed by atoms with Crippen LogP contribution in [0.15, 0.2) is 59.8 Å². The Morgan fingerprint density at radius 3 is 2.64 bits per heavy atom. The maximum absolute atomic E-state index is 12.8. The Balaban J connectivity index is 1.99. The second kappa shape index (κ2) is 8.01. The van der Waals surface area contributed by atoms with Crippen LogP contribution in [0.3, 0.4) is 0 Å². The van der Waals surface area contributed by atoms with Crippen LogP contribution in [0, 0.1) is 0 Å². The summed E-state index contributed by atoms with van der Waals surface area (Å²) in [6.45, 7) is 0. The molecule has 0 aliphatic heterocycles. The summed E-state index contributed by atoms with van der Waals surface area (Å²) in [6, 6.07) is 10.9. The quantitative estimate of drug-likeness (QED) is 0.638. The number of carbonyl (C=O) groups is 1. The SMILES string of the molecule is CNS(=O)(=O)c1cc(C(=O)Nc2cc(Cl)ccc2-n2cccn2)ccc1OC. The summed E-state index contributed by atoms with van der Waals surface area (Å²) in [6.07, 6.45) is 3.34. The molecule has 3 rings (SSSR count). The van der Waals surface area contributed by atoms with E-state index in [4.69, 9.17) is 16.3 Å². The lowest BCUT2D eigenvalue weighted by Crippen LogP contribution is -2.21. The highest BCUT2D eigenvalue weighted by Crippen LogP contribution is 2.27. The van der Waals surface area contributed by atoms with E-state index in [1.165, 1.54) is 32.4 Å². The third-order valence-electron chi connectivity index (χ3n) is 3.94. The Kier molecular flexibility index (Phi) is 5.68. The number of aromatic nitrogens is 2. The van der Waals surface area contributed by atoms with Gasteiger partial charge in [0.05, 0.1) is 18.5 Å². The fourth-order valence-corrected chi connectivity index (χ4v) is 3.64. The van der Waals surface area contributed by atoms with Crippen LogP contribution in [-0.2, 0) is 10.0 Å². The number of halogens is 1. The molecule has 0 unspecified atom stereocenters. The number of amides is 1. The van der Waals surface area contributed by atoms with Gasteiger partial charge in [-0.25, -0.2) is 17.8 Å². The molecule has 10 heteroatoms. The number of methoxy groups -OCH3 is 1. The van der Waals surface area contributed by atoms with Crippen LogP contribution >= 0.6 is 11.6 Å². The molecule has 0 saturated heterocycles. The molecule has 0 radical (unpaired) electrons. The van der Waals surface area contributed by atoms with E-state index in [0.717, 1.165) is 0 Å². The summed E-state index contributed by atoms with van der Waals surface area (Å²) in [5, 5.41) is 7.33. The van der Waals surface area contributed by atoms with Crippen molar-refractivity contribution >= 4 is 33.2 Å². The predicted molar refractivity (Wildman–Crippen MR) is 106 cm³/mol. The number of rotatable bonds is 6. The summed E-state index contributed by atoms with van der Waals surface area (Å²) < 4.78 is 33.3. The van der Waals surface area contributed by atoms with Gasteiger partial charge in [0.15, 0.2) is 0 Å². The van der Waals surface area contributed by atoms with Gasteiger partial charge < -0.3 is 10.1 Å². The first kappa shape index (κ1) is 19.9. The van der Waals surface area contributed by atoms with Gasteiger partial charge >= 0.3 is 0 Å². The molecule has 0 spiro atoms. The van der Waals surface area contributed by atoms with Crippen molar-refractivity contribution in [3.63, 3.8) is 0 Å². The highest BCUT2D eigenvalue weighted by atomic mass is 35.5. The van der Waals surface area contributed by atoms with Crippen molar-refractivity contribution in [2.24, 2.45) is 0 Å². The molecule has 3 aromatic rings. The van der Waals surface area contributed by atoms with Crippen molar-refractivity contribution in [2.45, 2.75) is 4.90 Å². The molecule has 1 heterocycles. The number of hydrogen-bond donors (Lipinski definition) is 2. The lowest BCUT2D eigenvalue weighted by atomic mass is 10.2. The highest BCUT2D eigenvalue weighted by molar-refractivity contribution is 7.89. The van der Waals surface area contributed by atoms with E-state index >= 15 is 0 Å². The predicted octanol–water partition coefficient (Wildman–Crippen LogP) is 2.69. The molecule has 0 bridgehead atoms. The van der Waals surface area contributed by atoms with Crippen molar-refractivity contribution in [2.75, 3.05) is 19.5 Å². The fraction of sp³-hybridized carbons (Fsp3) is 0.111. The Morgan fingerprint density at radius 2 is 2.00 bits per heavy atom. The van der Waals surface area contributed by atoms with Gasteiger partial charge in [-0.05, 0) is 49.5 Å². The Bertz CT molecular complexity index is 1110.